The molecule has 2 amide bonds. The number of urea groups is 1. The maximum atomic E-state index is 12.1. The van der Waals surface area contributed by atoms with Crippen LogP contribution in [0.25, 0.3) is 0 Å². The lowest BCUT2D eigenvalue weighted by Crippen LogP contribution is -2.41. The Kier molecular flexibility index (Phi) is 10.5. The zero-order valence-corrected chi connectivity index (χ0v) is 14.2. The Hall–Kier alpha value is -0.770. The summed E-state index contributed by atoms with van der Waals surface area (Å²) in [6.45, 7) is 2.63. The van der Waals surface area contributed by atoms with Gasteiger partial charge in [-0.2, -0.15) is 13.2 Å². The molecule has 3 N–H and O–H groups in total. The summed E-state index contributed by atoms with van der Waals surface area (Å²) in [6.07, 6.45) is -0.597. The largest absolute Gasteiger partial charge is 0.392 e. The number of hydrogen-bond donors (Lipinski definition) is 3. The molecule has 1 atom stereocenters. The van der Waals surface area contributed by atoms with E-state index in [9.17, 15) is 18.0 Å². The van der Waals surface area contributed by atoms with Gasteiger partial charge in [0, 0.05) is 16.2 Å². The highest BCUT2D eigenvalue weighted by atomic mass is 127. The van der Waals surface area contributed by atoms with Crippen LogP contribution < -0.4 is 16.0 Å². The first-order valence-corrected chi connectivity index (χ1v) is 8.02. The first-order valence-electron chi connectivity index (χ1n) is 6.50. The minimum Gasteiger partial charge on any atom is -0.335 e. The van der Waals surface area contributed by atoms with E-state index < -0.39 is 18.6 Å². The van der Waals surface area contributed by atoms with E-state index in [0.717, 1.165) is 19.0 Å². The van der Waals surface area contributed by atoms with Gasteiger partial charge in [0.05, 0.1) is 6.42 Å². The summed E-state index contributed by atoms with van der Waals surface area (Å²) in [7, 11) is 1.82. The van der Waals surface area contributed by atoms with Crippen LogP contribution in [0, 0.1) is 0 Å². The van der Waals surface area contributed by atoms with E-state index in [1.165, 1.54) is 6.08 Å². The van der Waals surface area contributed by atoms with Crippen LogP contribution in [0.15, 0.2) is 23.9 Å². The highest BCUT2D eigenvalue weighted by Gasteiger charge is 2.24. The number of nitrogens with one attached hydrogen (secondary N) is 3. The van der Waals surface area contributed by atoms with Gasteiger partial charge in [-0.05, 0) is 33.0 Å². The van der Waals surface area contributed by atoms with Crippen LogP contribution in [0.3, 0.4) is 0 Å². The highest BCUT2D eigenvalue weighted by Crippen LogP contribution is 2.19. The third kappa shape index (κ3) is 12.7. The summed E-state index contributed by atoms with van der Waals surface area (Å²) in [6, 6.07) is -0.455. The normalized spacial score (nSPS) is 14.3. The van der Waals surface area contributed by atoms with Gasteiger partial charge in [0.15, 0.2) is 0 Å². The molecular formula is C13H21F3IN3O. The van der Waals surface area contributed by atoms with Crippen molar-refractivity contribution in [2.24, 2.45) is 0 Å². The summed E-state index contributed by atoms with van der Waals surface area (Å²) in [4.78, 5) is 11.7. The van der Waals surface area contributed by atoms with Crippen LogP contribution in [0.2, 0.25) is 0 Å². The Bertz CT molecular complexity index is 370. The number of allylic oxidation sites excluding steroid dienone is 3. The number of halogens is 4. The second-order valence-corrected chi connectivity index (χ2v) is 5.31. The first-order chi connectivity index (χ1) is 9.78. The highest BCUT2D eigenvalue weighted by molar-refractivity contribution is 14.1. The van der Waals surface area contributed by atoms with Crippen LogP contribution in [-0.2, 0) is 0 Å². The van der Waals surface area contributed by atoms with Crippen molar-refractivity contribution >= 4 is 28.6 Å². The summed E-state index contributed by atoms with van der Waals surface area (Å²) in [5, 5.41) is 8.24. The van der Waals surface area contributed by atoms with Crippen LogP contribution >= 0.6 is 22.6 Å². The van der Waals surface area contributed by atoms with Crippen molar-refractivity contribution in [2.45, 2.75) is 32.0 Å². The van der Waals surface area contributed by atoms with Gasteiger partial charge in [-0.1, -0.05) is 34.7 Å². The molecule has 1 unspecified atom stereocenters. The standard InChI is InChI=1S/C13H21F3IN3O/c1-10(6-9-18-2)19-12(21)20-11(5-8-17)4-3-7-13(14,15)16/h3-5,10,18H,6-9H2,1-2H3,(H2,19,20,21)/b4-3-,11-5+. The quantitative estimate of drug-likeness (QED) is 0.322. The molecule has 122 valence electrons. The molecule has 0 aromatic carbocycles. The Labute approximate surface area is 136 Å². The molecule has 0 aliphatic carbocycles. The van der Waals surface area contributed by atoms with E-state index in [2.05, 4.69) is 16.0 Å². The van der Waals surface area contributed by atoms with Crippen molar-refractivity contribution in [2.75, 3.05) is 18.0 Å². The Morgan fingerprint density at radius 3 is 2.57 bits per heavy atom. The SMILES string of the molecule is CNCCC(C)NC(=O)NC(/C=C\CC(F)(F)F)=C/CI. The van der Waals surface area contributed by atoms with Crippen molar-refractivity contribution in [3.63, 3.8) is 0 Å². The topological polar surface area (TPSA) is 53.2 Å². The van der Waals surface area contributed by atoms with E-state index in [1.54, 1.807) is 6.08 Å². The van der Waals surface area contributed by atoms with Crippen molar-refractivity contribution in [3.8, 4) is 0 Å². The Balaban J connectivity index is 4.37. The predicted octanol–water partition coefficient (Wildman–Crippen LogP) is 3.11. The molecule has 0 aliphatic heterocycles. The second-order valence-electron chi connectivity index (χ2n) is 4.43. The van der Waals surface area contributed by atoms with Crippen molar-refractivity contribution in [1.82, 2.24) is 16.0 Å². The molecule has 21 heavy (non-hydrogen) atoms. The number of alkyl halides is 4. The van der Waals surface area contributed by atoms with E-state index >= 15 is 0 Å². The van der Waals surface area contributed by atoms with Gasteiger partial charge >= 0.3 is 12.2 Å². The van der Waals surface area contributed by atoms with Gasteiger partial charge in [-0.15, -0.1) is 0 Å². The molecule has 0 saturated carbocycles. The van der Waals surface area contributed by atoms with Gasteiger partial charge in [-0.3, -0.25) is 0 Å². The van der Waals surface area contributed by atoms with Gasteiger partial charge in [-0.25, -0.2) is 4.79 Å². The number of amides is 2. The third-order valence-corrected chi connectivity index (χ3v) is 2.85. The lowest BCUT2D eigenvalue weighted by atomic mass is 10.2. The van der Waals surface area contributed by atoms with Crippen molar-refractivity contribution in [1.29, 1.82) is 0 Å². The fourth-order valence-corrected chi connectivity index (χ4v) is 1.86. The second kappa shape index (κ2) is 10.9. The zero-order valence-electron chi connectivity index (χ0n) is 12.1. The molecule has 0 aromatic heterocycles. The fourth-order valence-electron chi connectivity index (χ4n) is 1.39. The molecule has 0 spiro atoms. The lowest BCUT2D eigenvalue weighted by Gasteiger charge is -2.14. The summed E-state index contributed by atoms with van der Waals surface area (Å²) in [5.74, 6) is 0. The number of carbonyl (C=O) groups excluding carboxylic acids is 1. The summed E-state index contributed by atoms with van der Waals surface area (Å²) in [5.41, 5.74) is 0.354. The smallest absolute Gasteiger partial charge is 0.335 e. The van der Waals surface area contributed by atoms with E-state index in [1.807, 2.05) is 36.6 Å². The molecule has 0 rings (SSSR count). The zero-order chi connectivity index (χ0) is 16.3. The minimum atomic E-state index is -4.24. The van der Waals surface area contributed by atoms with Gasteiger partial charge in [0.2, 0.25) is 0 Å². The average molecular weight is 419 g/mol. The van der Waals surface area contributed by atoms with E-state index in [0.29, 0.717) is 10.1 Å². The predicted molar refractivity (Wildman–Crippen MR) is 86.5 cm³/mol. The van der Waals surface area contributed by atoms with Crippen molar-refractivity contribution in [3.05, 3.63) is 23.9 Å². The fraction of sp³-hybridized carbons (Fsp3) is 0.615. The molecule has 0 aromatic rings. The van der Waals surface area contributed by atoms with Crippen LogP contribution in [-0.4, -0.2) is 36.3 Å². The van der Waals surface area contributed by atoms with Crippen LogP contribution in [0.5, 0.6) is 0 Å². The molecular weight excluding hydrogens is 398 g/mol. The van der Waals surface area contributed by atoms with E-state index in [-0.39, 0.29) is 6.04 Å². The third-order valence-electron chi connectivity index (χ3n) is 2.41. The number of carbonyl (C=O) groups is 1. The monoisotopic (exact) mass is 419 g/mol. The molecule has 0 saturated heterocycles. The van der Waals surface area contributed by atoms with Gasteiger partial charge in [0.25, 0.3) is 0 Å². The maximum absolute atomic E-state index is 12.1. The Morgan fingerprint density at radius 1 is 1.38 bits per heavy atom. The van der Waals surface area contributed by atoms with Crippen molar-refractivity contribution < 1.29 is 18.0 Å². The number of rotatable bonds is 8. The summed E-state index contributed by atoms with van der Waals surface area (Å²) < 4.78 is 36.8. The summed E-state index contributed by atoms with van der Waals surface area (Å²) >= 11 is 2.05. The number of hydrogen-bond acceptors (Lipinski definition) is 2. The Morgan fingerprint density at radius 2 is 2.05 bits per heavy atom. The molecule has 0 aliphatic rings. The molecule has 0 bridgehead atoms. The average Bonchev–Trinajstić information content (AvgIpc) is 2.34. The molecule has 0 heterocycles. The maximum Gasteiger partial charge on any atom is 0.392 e. The lowest BCUT2D eigenvalue weighted by molar-refractivity contribution is -0.125. The molecule has 0 radical (unpaired) electrons. The van der Waals surface area contributed by atoms with Gasteiger partial charge < -0.3 is 16.0 Å². The molecule has 4 nitrogen and oxygen atoms in total. The molecule has 0 fully saturated rings. The van der Waals surface area contributed by atoms with Crippen LogP contribution in [0.4, 0.5) is 18.0 Å². The van der Waals surface area contributed by atoms with Gasteiger partial charge in [0.1, 0.15) is 0 Å². The molecule has 8 heteroatoms. The minimum absolute atomic E-state index is 0.0301. The first kappa shape index (κ1) is 20.2. The van der Waals surface area contributed by atoms with E-state index in [4.69, 9.17) is 0 Å². The van der Waals surface area contributed by atoms with Crippen LogP contribution in [0.1, 0.15) is 19.8 Å².